The number of halogens is 1. The molecule has 0 aliphatic heterocycles. The summed E-state index contributed by atoms with van der Waals surface area (Å²) in [6.45, 7) is 0. The maximum atomic E-state index is 12.3. The highest BCUT2D eigenvalue weighted by Gasteiger charge is 2.24. The normalized spacial score (nSPS) is 11.5. The lowest BCUT2D eigenvalue weighted by Crippen LogP contribution is -2.34. The zero-order chi connectivity index (χ0) is 15.2. The molecule has 0 saturated carbocycles. The molecular formula is C16H14BrNO3. The standard InChI is InChI=1S/C16H14BrNO3/c1-21-16(20)14(11-7-3-2-4-8-11)18-15(19)12-9-5-6-10-13(12)17/h2-10,14H,1H3,(H,18,19). The van der Waals surface area contributed by atoms with Gasteiger partial charge in [0.15, 0.2) is 6.04 Å². The Morgan fingerprint density at radius 1 is 1.05 bits per heavy atom. The van der Waals surface area contributed by atoms with Crippen LogP contribution in [0.2, 0.25) is 0 Å². The third-order valence-corrected chi connectivity index (χ3v) is 3.66. The van der Waals surface area contributed by atoms with Gasteiger partial charge in [0.2, 0.25) is 0 Å². The Hall–Kier alpha value is -2.14. The second kappa shape index (κ2) is 7.04. The van der Waals surface area contributed by atoms with Crippen LogP contribution in [0.1, 0.15) is 22.0 Å². The highest BCUT2D eigenvalue weighted by molar-refractivity contribution is 9.10. The Morgan fingerprint density at radius 2 is 1.67 bits per heavy atom. The lowest BCUT2D eigenvalue weighted by molar-refractivity contribution is -0.143. The highest BCUT2D eigenvalue weighted by Crippen LogP contribution is 2.19. The average molecular weight is 348 g/mol. The van der Waals surface area contributed by atoms with E-state index in [0.29, 0.717) is 15.6 Å². The van der Waals surface area contributed by atoms with Gasteiger partial charge in [-0.1, -0.05) is 42.5 Å². The molecular weight excluding hydrogens is 334 g/mol. The van der Waals surface area contributed by atoms with Crippen LogP contribution in [-0.2, 0) is 9.53 Å². The molecule has 0 saturated heterocycles. The first-order valence-corrected chi connectivity index (χ1v) is 7.11. The van der Waals surface area contributed by atoms with Gasteiger partial charge < -0.3 is 10.1 Å². The van der Waals surface area contributed by atoms with E-state index in [9.17, 15) is 9.59 Å². The fourth-order valence-electron chi connectivity index (χ4n) is 1.90. The number of amides is 1. The van der Waals surface area contributed by atoms with Crippen LogP contribution in [-0.4, -0.2) is 19.0 Å². The largest absolute Gasteiger partial charge is 0.467 e. The summed E-state index contributed by atoms with van der Waals surface area (Å²) in [6, 6.07) is 15.2. The summed E-state index contributed by atoms with van der Waals surface area (Å²) in [6.07, 6.45) is 0. The monoisotopic (exact) mass is 347 g/mol. The van der Waals surface area contributed by atoms with Crippen molar-refractivity contribution >= 4 is 27.8 Å². The van der Waals surface area contributed by atoms with E-state index in [4.69, 9.17) is 4.74 Å². The number of esters is 1. The van der Waals surface area contributed by atoms with E-state index in [1.807, 2.05) is 12.1 Å². The molecule has 1 amide bonds. The summed E-state index contributed by atoms with van der Waals surface area (Å²) in [5, 5.41) is 2.70. The van der Waals surface area contributed by atoms with Gasteiger partial charge in [-0.05, 0) is 33.6 Å². The summed E-state index contributed by atoms with van der Waals surface area (Å²) in [4.78, 5) is 24.2. The van der Waals surface area contributed by atoms with Gasteiger partial charge in [-0.15, -0.1) is 0 Å². The van der Waals surface area contributed by atoms with Crippen molar-refractivity contribution in [2.75, 3.05) is 7.11 Å². The van der Waals surface area contributed by atoms with Crippen LogP contribution in [0, 0.1) is 0 Å². The molecule has 0 aromatic heterocycles. The first-order valence-electron chi connectivity index (χ1n) is 6.31. The molecule has 108 valence electrons. The van der Waals surface area contributed by atoms with Crippen molar-refractivity contribution in [3.63, 3.8) is 0 Å². The SMILES string of the molecule is COC(=O)C(NC(=O)c1ccccc1Br)c1ccccc1. The van der Waals surface area contributed by atoms with E-state index in [1.54, 1.807) is 42.5 Å². The van der Waals surface area contributed by atoms with E-state index in [2.05, 4.69) is 21.2 Å². The van der Waals surface area contributed by atoms with E-state index in [0.717, 1.165) is 0 Å². The van der Waals surface area contributed by atoms with Gasteiger partial charge in [-0.3, -0.25) is 4.79 Å². The Kier molecular flexibility index (Phi) is 5.11. The first kappa shape index (κ1) is 15.3. The van der Waals surface area contributed by atoms with Crippen molar-refractivity contribution in [1.29, 1.82) is 0 Å². The molecule has 1 atom stereocenters. The molecule has 0 spiro atoms. The van der Waals surface area contributed by atoms with Crippen LogP contribution in [0.25, 0.3) is 0 Å². The van der Waals surface area contributed by atoms with Gasteiger partial charge in [-0.2, -0.15) is 0 Å². The van der Waals surface area contributed by atoms with Crippen LogP contribution in [0.4, 0.5) is 0 Å². The van der Waals surface area contributed by atoms with Crippen molar-refractivity contribution in [2.24, 2.45) is 0 Å². The molecule has 0 radical (unpaired) electrons. The predicted molar refractivity (Wildman–Crippen MR) is 82.8 cm³/mol. The number of carbonyl (C=O) groups is 2. The number of carbonyl (C=O) groups excluding carboxylic acids is 2. The summed E-state index contributed by atoms with van der Waals surface area (Å²) in [5.74, 6) is -0.858. The molecule has 1 unspecified atom stereocenters. The number of benzene rings is 2. The van der Waals surface area contributed by atoms with E-state index < -0.39 is 12.0 Å². The molecule has 2 aromatic carbocycles. The molecule has 4 nitrogen and oxygen atoms in total. The third-order valence-electron chi connectivity index (χ3n) is 2.96. The van der Waals surface area contributed by atoms with Crippen molar-refractivity contribution in [3.8, 4) is 0 Å². The molecule has 0 aliphatic carbocycles. The van der Waals surface area contributed by atoms with E-state index in [-0.39, 0.29) is 5.91 Å². The van der Waals surface area contributed by atoms with Gasteiger partial charge in [-0.25, -0.2) is 4.79 Å². The van der Waals surface area contributed by atoms with Gasteiger partial charge in [0.05, 0.1) is 12.7 Å². The zero-order valence-electron chi connectivity index (χ0n) is 11.4. The van der Waals surface area contributed by atoms with Gasteiger partial charge in [0, 0.05) is 4.47 Å². The summed E-state index contributed by atoms with van der Waals surface area (Å²) in [5.41, 5.74) is 1.13. The second-order valence-electron chi connectivity index (χ2n) is 4.32. The minimum atomic E-state index is -0.837. The minimum Gasteiger partial charge on any atom is -0.467 e. The van der Waals surface area contributed by atoms with Crippen molar-refractivity contribution in [3.05, 3.63) is 70.2 Å². The lowest BCUT2D eigenvalue weighted by atomic mass is 10.1. The quantitative estimate of drug-likeness (QED) is 0.864. The predicted octanol–water partition coefficient (Wildman–Crippen LogP) is 3.09. The Labute approximate surface area is 131 Å². The molecule has 2 aromatic rings. The van der Waals surface area contributed by atoms with Gasteiger partial charge in [0.1, 0.15) is 0 Å². The Balaban J connectivity index is 2.26. The number of ether oxygens (including phenoxy) is 1. The van der Waals surface area contributed by atoms with Crippen molar-refractivity contribution in [2.45, 2.75) is 6.04 Å². The minimum absolute atomic E-state index is 0.346. The second-order valence-corrected chi connectivity index (χ2v) is 5.17. The Bertz CT molecular complexity index is 643. The fourth-order valence-corrected chi connectivity index (χ4v) is 2.36. The number of methoxy groups -OCH3 is 1. The maximum Gasteiger partial charge on any atom is 0.333 e. The molecule has 0 aliphatic rings. The molecule has 21 heavy (non-hydrogen) atoms. The van der Waals surface area contributed by atoms with Crippen LogP contribution in [0.15, 0.2) is 59.1 Å². The van der Waals surface area contributed by atoms with E-state index >= 15 is 0 Å². The fraction of sp³-hybridized carbons (Fsp3) is 0.125. The topological polar surface area (TPSA) is 55.4 Å². The average Bonchev–Trinajstić information content (AvgIpc) is 2.53. The van der Waals surface area contributed by atoms with Crippen LogP contribution < -0.4 is 5.32 Å². The number of hydrogen-bond acceptors (Lipinski definition) is 3. The lowest BCUT2D eigenvalue weighted by Gasteiger charge is -2.17. The van der Waals surface area contributed by atoms with Gasteiger partial charge in [0.25, 0.3) is 5.91 Å². The van der Waals surface area contributed by atoms with Gasteiger partial charge >= 0.3 is 5.97 Å². The molecule has 0 bridgehead atoms. The zero-order valence-corrected chi connectivity index (χ0v) is 13.0. The highest BCUT2D eigenvalue weighted by atomic mass is 79.9. The van der Waals surface area contributed by atoms with Crippen LogP contribution in [0.5, 0.6) is 0 Å². The number of nitrogens with one attached hydrogen (secondary N) is 1. The van der Waals surface area contributed by atoms with Crippen LogP contribution in [0.3, 0.4) is 0 Å². The first-order chi connectivity index (χ1) is 10.1. The van der Waals surface area contributed by atoms with E-state index in [1.165, 1.54) is 7.11 Å². The molecule has 1 N–H and O–H groups in total. The maximum absolute atomic E-state index is 12.3. The number of rotatable bonds is 4. The molecule has 0 fully saturated rings. The third kappa shape index (κ3) is 3.70. The molecule has 0 heterocycles. The Morgan fingerprint density at radius 3 is 2.29 bits per heavy atom. The summed E-state index contributed by atoms with van der Waals surface area (Å²) >= 11 is 3.32. The van der Waals surface area contributed by atoms with Crippen LogP contribution >= 0.6 is 15.9 Å². The number of hydrogen-bond donors (Lipinski definition) is 1. The molecule has 5 heteroatoms. The van der Waals surface area contributed by atoms with Crippen molar-refractivity contribution in [1.82, 2.24) is 5.32 Å². The summed E-state index contributed by atoms with van der Waals surface area (Å²) < 4.78 is 5.43. The molecule has 2 rings (SSSR count). The van der Waals surface area contributed by atoms with Crippen molar-refractivity contribution < 1.29 is 14.3 Å². The smallest absolute Gasteiger partial charge is 0.333 e. The summed E-state index contributed by atoms with van der Waals surface area (Å²) in [7, 11) is 1.29.